The van der Waals surface area contributed by atoms with Crippen molar-refractivity contribution in [1.82, 2.24) is 0 Å². The second-order valence-corrected chi connectivity index (χ2v) is 4.06. The van der Waals surface area contributed by atoms with Crippen molar-refractivity contribution >= 4 is 17.7 Å². The van der Waals surface area contributed by atoms with Crippen LogP contribution in [0.25, 0.3) is 0 Å². The van der Waals surface area contributed by atoms with Crippen molar-refractivity contribution in [2.45, 2.75) is 27.7 Å². The van der Waals surface area contributed by atoms with Crippen molar-refractivity contribution in [3.8, 4) is 0 Å². The molecule has 0 saturated carbocycles. The third-order valence-electron chi connectivity index (χ3n) is 1.69. The molecular weight excluding hydrogens is 212 g/mol. The largest absolute Gasteiger partial charge is 0.457 e. The van der Waals surface area contributed by atoms with Crippen molar-refractivity contribution in [3.63, 3.8) is 0 Å². The number of ketones is 1. The van der Waals surface area contributed by atoms with E-state index in [0.29, 0.717) is 0 Å². The van der Waals surface area contributed by atoms with Gasteiger partial charge in [0, 0.05) is 0 Å². The topological polar surface area (TPSA) is 69.7 Å². The first kappa shape index (κ1) is 14.6. The Morgan fingerprint density at radius 2 is 1.12 bits per heavy atom. The molecule has 0 fully saturated rings. The van der Waals surface area contributed by atoms with Gasteiger partial charge in [0.1, 0.15) is 0 Å². The molecule has 0 N–H and O–H groups in total. The molecule has 0 heterocycles. The van der Waals surface area contributed by atoms with E-state index in [1.807, 2.05) is 0 Å². The maximum absolute atomic E-state index is 11.1. The van der Waals surface area contributed by atoms with E-state index in [0.717, 1.165) is 0 Å². The van der Waals surface area contributed by atoms with Crippen LogP contribution in [0.15, 0.2) is 0 Å². The predicted octanol–water partition coefficient (Wildman–Crippen LogP) is 0.954. The predicted molar refractivity (Wildman–Crippen MR) is 56.6 cm³/mol. The zero-order valence-corrected chi connectivity index (χ0v) is 10.1. The average Bonchev–Trinajstić information content (AvgIpc) is 2.21. The third kappa shape index (κ3) is 6.16. The monoisotopic (exact) mass is 230 g/mol. The summed E-state index contributed by atoms with van der Waals surface area (Å²) in [5.74, 6) is -1.85. The standard InChI is InChI=1S/C11H18O5/c1-7(2)10(13)15-5-9(12)6-16-11(14)8(3)4/h7-8H,5-6H2,1-4H3. The van der Waals surface area contributed by atoms with E-state index in [4.69, 9.17) is 0 Å². The van der Waals surface area contributed by atoms with Gasteiger partial charge in [-0.25, -0.2) is 0 Å². The van der Waals surface area contributed by atoms with Crippen LogP contribution in [0.3, 0.4) is 0 Å². The molecule has 0 aromatic rings. The van der Waals surface area contributed by atoms with Gasteiger partial charge in [-0.2, -0.15) is 0 Å². The number of carbonyl (C=O) groups excluding carboxylic acids is 3. The maximum Gasteiger partial charge on any atom is 0.308 e. The van der Waals surface area contributed by atoms with Crippen LogP contribution in [0.1, 0.15) is 27.7 Å². The fourth-order valence-corrected chi connectivity index (χ4v) is 0.678. The summed E-state index contributed by atoms with van der Waals surface area (Å²) in [6.45, 7) is 6.00. The lowest BCUT2D eigenvalue weighted by Crippen LogP contribution is -2.23. The Morgan fingerprint density at radius 1 is 0.812 bits per heavy atom. The molecule has 0 rings (SSSR count). The first-order valence-electron chi connectivity index (χ1n) is 5.19. The highest BCUT2D eigenvalue weighted by molar-refractivity contribution is 5.85. The Kier molecular flexibility index (Phi) is 6.37. The molecule has 5 nitrogen and oxygen atoms in total. The summed E-state index contributed by atoms with van der Waals surface area (Å²) >= 11 is 0. The van der Waals surface area contributed by atoms with Crippen LogP contribution in [-0.2, 0) is 23.9 Å². The normalized spacial score (nSPS) is 10.4. The maximum atomic E-state index is 11.1. The van der Waals surface area contributed by atoms with E-state index >= 15 is 0 Å². The second-order valence-electron chi connectivity index (χ2n) is 4.06. The minimum atomic E-state index is -0.441. The van der Waals surface area contributed by atoms with Gasteiger partial charge in [0.25, 0.3) is 0 Å². The summed E-state index contributed by atoms with van der Waals surface area (Å²) in [7, 11) is 0. The van der Waals surface area contributed by atoms with Crippen LogP contribution < -0.4 is 0 Å². The van der Waals surface area contributed by atoms with Crippen LogP contribution in [-0.4, -0.2) is 30.9 Å². The van der Waals surface area contributed by atoms with Crippen LogP contribution in [0.4, 0.5) is 0 Å². The van der Waals surface area contributed by atoms with Gasteiger partial charge < -0.3 is 9.47 Å². The van der Waals surface area contributed by atoms with Crippen LogP contribution in [0, 0.1) is 11.8 Å². The van der Waals surface area contributed by atoms with E-state index in [1.54, 1.807) is 27.7 Å². The van der Waals surface area contributed by atoms with Crippen molar-refractivity contribution in [2.24, 2.45) is 11.8 Å². The highest BCUT2D eigenvalue weighted by Gasteiger charge is 2.14. The number of hydrogen-bond donors (Lipinski definition) is 0. The number of esters is 2. The Balaban J connectivity index is 3.76. The van der Waals surface area contributed by atoms with Gasteiger partial charge >= 0.3 is 11.9 Å². The Hall–Kier alpha value is -1.39. The lowest BCUT2D eigenvalue weighted by Gasteiger charge is -2.08. The summed E-state index contributed by atoms with van der Waals surface area (Å²) < 4.78 is 9.36. The number of carbonyl (C=O) groups is 3. The SMILES string of the molecule is CC(C)C(=O)OCC(=O)COC(=O)C(C)C. The highest BCUT2D eigenvalue weighted by Crippen LogP contribution is 1.97. The van der Waals surface area contributed by atoms with Crippen LogP contribution >= 0.6 is 0 Å². The summed E-state index contributed by atoms with van der Waals surface area (Å²) in [5.41, 5.74) is 0. The molecule has 0 aromatic carbocycles. The Labute approximate surface area is 95.1 Å². The molecule has 0 aliphatic carbocycles. The van der Waals surface area contributed by atoms with E-state index in [1.165, 1.54) is 0 Å². The second kappa shape index (κ2) is 6.98. The molecule has 92 valence electrons. The molecule has 0 aliphatic rings. The zero-order chi connectivity index (χ0) is 12.7. The highest BCUT2D eigenvalue weighted by atomic mass is 16.6. The molecule has 0 spiro atoms. The molecule has 5 heteroatoms. The molecule has 0 atom stereocenters. The summed E-state index contributed by atoms with van der Waals surface area (Å²) in [5, 5.41) is 0. The Morgan fingerprint density at radius 3 is 1.38 bits per heavy atom. The van der Waals surface area contributed by atoms with E-state index in [9.17, 15) is 14.4 Å². The zero-order valence-electron chi connectivity index (χ0n) is 10.1. The van der Waals surface area contributed by atoms with Gasteiger partial charge in [-0.3, -0.25) is 14.4 Å². The minimum absolute atomic E-state index is 0.272. The number of Topliss-reactive ketones (excluding diaryl/α,β-unsaturated/α-hetero) is 1. The van der Waals surface area contributed by atoms with E-state index in [-0.39, 0.29) is 25.0 Å². The smallest absolute Gasteiger partial charge is 0.308 e. The van der Waals surface area contributed by atoms with Gasteiger partial charge in [-0.05, 0) is 0 Å². The fraction of sp³-hybridized carbons (Fsp3) is 0.727. The molecule has 0 aliphatic heterocycles. The summed E-state index contributed by atoms with van der Waals surface area (Å²) in [4.78, 5) is 33.2. The molecule has 0 bridgehead atoms. The van der Waals surface area contributed by atoms with Crippen LogP contribution in [0.5, 0.6) is 0 Å². The lowest BCUT2D eigenvalue weighted by atomic mass is 10.2. The van der Waals surface area contributed by atoms with E-state index in [2.05, 4.69) is 9.47 Å². The van der Waals surface area contributed by atoms with Gasteiger partial charge in [0.15, 0.2) is 13.2 Å². The van der Waals surface area contributed by atoms with Crippen LogP contribution in [0.2, 0.25) is 0 Å². The van der Waals surface area contributed by atoms with Crippen molar-refractivity contribution in [3.05, 3.63) is 0 Å². The molecule has 0 radical (unpaired) electrons. The molecule has 16 heavy (non-hydrogen) atoms. The average molecular weight is 230 g/mol. The van der Waals surface area contributed by atoms with Crippen molar-refractivity contribution in [2.75, 3.05) is 13.2 Å². The van der Waals surface area contributed by atoms with Gasteiger partial charge in [-0.15, -0.1) is 0 Å². The number of hydrogen-bond acceptors (Lipinski definition) is 5. The van der Waals surface area contributed by atoms with Crippen molar-refractivity contribution in [1.29, 1.82) is 0 Å². The summed E-state index contributed by atoms with van der Waals surface area (Å²) in [6, 6.07) is 0. The summed E-state index contributed by atoms with van der Waals surface area (Å²) in [6.07, 6.45) is 0. The molecule has 0 amide bonds. The number of rotatable bonds is 6. The van der Waals surface area contributed by atoms with Gasteiger partial charge in [0.2, 0.25) is 5.78 Å². The third-order valence-corrected chi connectivity index (χ3v) is 1.69. The van der Waals surface area contributed by atoms with Crippen molar-refractivity contribution < 1.29 is 23.9 Å². The minimum Gasteiger partial charge on any atom is -0.457 e. The van der Waals surface area contributed by atoms with Gasteiger partial charge in [-0.1, -0.05) is 27.7 Å². The number of ether oxygens (including phenoxy) is 2. The fourth-order valence-electron chi connectivity index (χ4n) is 0.678. The first-order chi connectivity index (χ1) is 7.34. The van der Waals surface area contributed by atoms with E-state index < -0.39 is 17.7 Å². The molecule has 0 aromatic heterocycles. The lowest BCUT2D eigenvalue weighted by molar-refractivity contribution is -0.156. The first-order valence-corrected chi connectivity index (χ1v) is 5.19. The van der Waals surface area contributed by atoms with Gasteiger partial charge in [0.05, 0.1) is 11.8 Å². The quantitative estimate of drug-likeness (QED) is 0.635. The molecular formula is C11H18O5. The Bertz CT molecular complexity index is 242. The molecule has 0 unspecified atom stereocenters. The molecule has 0 saturated heterocycles.